The highest BCUT2D eigenvalue weighted by Gasteiger charge is 2.19. The average molecular weight is 423 g/mol. The largest absolute Gasteiger partial charge is 0.354 e. The van der Waals surface area contributed by atoms with E-state index in [1.54, 1.807) is 18.3 Å². The number of amides is 3. The van der Waals surface area contributed by atoms with E-state index >= 15 is 0 Å². The first-order valence-electron chi connectivity index (χ1n) is 10.5. The summed E-state index contributed by atoms with van der Waals surface area (Å²) in [7, 11) is 0. The van der Waals surface area contributed by atoms with Crippen molar-refractivity contribution in [2.75, 3.05) is 6.54 Å². The SMILES string of the molecule is CCCC(NC(=O)NCc1ccc(F)cc1)C(=O)NCCc1cccc2cccnc12. The fraction of sp³-hybridized carbons (Fsp3) is 0.292. The maximum atomic E-state index is 13.0. The van der Waals surface area contributed by atoms with Gasteiger partial charge in [0.1, 0.15) is 11.9 Å². The van der Waals surface area contributed by atoms with E-state index in [2.05, 4.69) is 20.9 Å². The average Bonchev–Trinajstić information content (AvgIpc) is 2.78. The summed E-state index contributed by atoms with van der Waals surface area (Å²) in [6, 6.07) is 14.7. The van der Waals surface area contributed by atoms with Crippen molar-refractivity contribution in [3.05, 3.63) is 77.7 Å². The summed E-state index contributed by atoms with van der Waals surface area (Å²) in [5.41, 5.74) is 2.77. The third-order valence-electron chi connectivity index (χ3n) is 4.98. The minimum atomic E-state index is -0.621. The molecule has 1 unspecified atom stereocenters. The molecule has 0 spiro atoms. The summed E-state index contributed by atoms with van der Waals surface area (Å²) < 4.78 is 13.0. The Morgan fingerprint density at radius 3 is 2.58 bits per heavy atom. The second-order valence-electron chi connectivity index (χ2n) is 7.33. The molecule has 31 heavy (non-hydrogen) atoms. The van der Waals surface area contributed by atoms with Crippen LogP contribution in [0.4, 0.5) is 9.18 Å². The molecule has 3 aromatic rings. The Bertz CT molecular complexity index is 1020. The van der Waals surface area contributed by atoms with Gasteiger partial charge in [-0.2, -0.15) is 0 Å². The summed E-state index contributed by atoms with van der Waals surface area (Å²) in [6.07, 6.45) is 3.70. The van der Waals surface area contributed by atoms with E-state index in [0.717, 1.165) is 28.5 Å². The number of hydrogen-bond donors (Lipinski definition) is 3. The second kappa shape index (κ2) is 11.1. The smallest absolute Gasteiger partial charge is 0.315 e. The molecule has 2 aromatic carbocycles. The molecule has 0 radical (unpaired) electrons. The molecule has 0 saturated heterocycles. The van der Waals surface area contributed by atoms with Gasteiger partial charge in [-0.05, 0) is 42.2 Å². The topological polar surface area (TPSA) is 83.1 Å². The lowest BCUT2D eigenvalue weighted by Gasteiger charge is -2.18. The van der Waals surface area contributed by atoms with Gasteiger partial charge in [-0.3, -0.25) is 9.78 Å². The molecule has 3 rings (SSSR count). The third-order valence-corrected chi connectivity index (χ3v) is 4.98. The zero-order chi connectivity index (χ0) is 22.1. The molecule has 162 valence electrons. The van der Waals surface area contributed by atoms with E-state index in [0.29, 0.717) is 19.4 Å². The number of urea groups is 1. The number of carbonyl (C=O) groups is 2. The number of rotatable bonds is 9. The van der Waals surface area contributed by atoms with E-state index in [-0.39, 0.29) is 18.3 Å². The summed E-state index contributed by atoms with van der Waals surface area (Å²) in [6.45, 7) is 2.66. The monoisotopic (exact) mass is 422 g/mol. The summed E-state index contributed by atoms with van der Waals surface area (Å²) in [5, 5.41) is 9.41. The number of nitrogens with zero attached hydrogens (tertiary/aromatic N) is 1. The van der Waals surface area contributed by atoms with E-state index < -0.39 is 12.1 Å². The molecule has 6 nitrogen and oxygen atoms in total. The van der Waals surface area contributed by atoms with Crippen molar-refractivity contribution in [2.45, 2.75) is 38.8 Å². The van der Waals surface area contributed by atoms with E-state index in [9.17, 15) is 14.0 Å². The van der Waals surface area contributed by atoms with Crippen LogP contribution in [0.1, 0.15) is 30.9 Å². The summed E-state index contributed by atoms with van der Waals surface area (Å²) in [4.78, 5) is 29.3. The fourth-order valence-corrected chi connectivity index (χ4v) is 3.36. The van der Waals surface area contributed by atoms with Crippen LogP contribution < -0.4 is 16.0 Å². The van der Waals surface area contributed by atoms with Gasteiger partial charge in [-0.1, -0.05) is 49.7 Å². The number of hydrogen-bond acceptors (Lipinski definition) is 3. The molecule has 7 heteroatoms. The second-order valence-corrected chi connectivity index (χ2v) is 7.33. The number of halogens is 1. The van der Waals surface area contributed by atoms with Gasteiger partial charge in [0.15, 0.2) is 0 Å². The Morgan fingerprint density at radius 2 is 1.81 bits per heavy atom. The van der Waals surface area contributed by atoms with E-state index in [4.69, 9.17) is 0 Å². The van der Waals surface area contributed by atoms with Crippen LogP contribution in [-0.2, 0) is 17.8 Å². The summed E-state index contributed by atoms with van der Waals surface area (Å²) in [5.74, 6) is -0.542. The van der Waals surface area contributed by atoms with Gasteiger partial charge in [0.2, 0.25) is 5.91 Å². The highest BCUT2D eigenvalue weighted by Crippen LogP contribution is 2.16. The van der Waals surface area contributed by atoms with Gasteiger partial charge < -0.3 is 16.0 Å². The first kappa shape index (κ1) is 22.2. The number of para-hydroxylation sites is 1. The van der Waals surface area contributed by atoms with Crippen molar-refractivity contribution in [2.24, 2.45) is 0 Å². The molecule has 0 saturated carbocycles. The number of pyridine rings is 1. The van der Waals surface area contributed by atoms with E-state index in [1.165, 1.54) is 12.1 Å². The Kier molecular flexibility index (Phi) is 7.92. The van der Waals surface area contributed by atoms with Gasteiger partial charge in [0.25, 0.3) is 0 Å². The van der Waals surface area contributed by atoms with Gasteiger partial charge >= 0.3 is 6.03 Å². The zero-order valence-corrected chi connectivity index (χ0v) is 17.5. The Balaban J connectivity index is 1.49. The van der Waals surface area contributed by atoms with E-state index in [1.807, 2.05) is 37.3 Å². The normalized spacial score (nSPS) is 11.7. The van der Waals surface area contributed by atoms with Crippen molar-refractivity contribution in [3.63, 3.8) is 0 Å². The van der Waals surface area contributed by atoms with Crippen LogP contribution in [0.5, 0.6) is 0 Å². The summed E-state index contributed by atoms with van der Waals surface area (Å²) >= 11 is 0. The number of aromatic nitrogens is 1. The zero-order valence-electron chi connectivity index (χ0n) is 17.5. The van der Waals surface area contributed by atoms with Crippen molar-refractivity contribution in [1.82, 2.24) is 20.9 Å². The third kappa shape index (κ3) is 6.50. The molecule has 3 amide bonds. The lowest BCUT2D eigenvalue weighted by molar-refractivity contribution is -0.123. The first-order chi connectivity index (χ1) is 15.1. The van der Waals surface area contributed by atoms with Gasteiger partial charge in [0.05, 0.1) is 5.52 Å². The highest BCUT2D eigenvalue weighted by molar-refractivity contribution is 5.87. The van der Waals surface area contributed by atoms with Crippen molar-refractivity contribution < 1.29 is 14.0 Å². The number of benzene rings is 2. The predicted octanol–water partition coefficient (Wildman–Crippen LogP) is 3.70. The molecule has 1 aromatic heterocycles. The van der Waals surface area contributed by atoms with Crippen molar-refractivity contribution in [1.29, 1.82) is 0 Å². The Labute approximate surface area is 181 Å². The number of fused-ring (bicyclic) bond motifs is 1. The van der Waals surface area contributed by atoms with Gasteiger partial charge in [-0.15, -0.1) is 0 Å². The number of carbonyl (C=O) groups excluding carboxylic acids is 2. The molecule has 0 fully saturated rings. The van der Waals surface area contributed by atoms with Crippen LogP contribution in [0.25, 0.3) is 10.9 Å². The predicted molar refractivity (Wildman–Crippen MR) is 119 cm³/mol. The molecule has 1 atom stereocenters. The lowest BCUT2D eigenvalue weighted by Crippen LogP contribution is -2.50. The van der Waals surface area contributed by atoms with Crippen molar-refractivity contribution in [3.8, 4) is 0 Å². The Morgan fingerprint density at radius 1 is 1.03 bits per heavy atom. The van der Waals surface area contributed by atoms with Crippen LogP contribution >= 0.6 is 0 Å². The van der Waals surface area contributed by atoms with Gasteiger partial charge in [-0.25, -0.2) is 9.18 Å². The van der Waals surface area contributed by atoms with Crippen LogP contribution in [0.3, 0.4) is 0 Å². The standard InChI is InChI=1S/C24H27FN4O2/c1-2-5-21(29-24(31)28-16-17-9-11-20(25)12-10-17)23(30)27-15-13-19-7-3-6-18-8-4-14-26-22(18)19/h3-4,6-12,14,21H,2,5,13,15-16H2,1H3,(H,27,30)(H2,28,29,31). The number of nitrogens with one attached hydrogen (secondary N) is 3. The fourth-order valence-electron chi connectivity index (χ4n) is 3.36. The molecular weight excluding hydrogens is 395 g/mol. The highest BCUT2D eigenvalue weighted by atomic mass is 19.1. The molecular formula is C24H27FN4O2. The maximum Gasteiger partial charge on any atom is 0.315 e. The molecule has 0 aliphatic rings. The van der Waals surface area contributed by atoms with Crippen LogP contribution in [-0.4, -0.2) is 29.5 Å². The molecule has 0 aliphatic carbocycles. The van der Waals surface area contributed by atoms with Crippen molar-refractivity contribution >= 4 is 22.8 Å². The first-order valence-corrected chi connectivity index (χ1v) is 10.5. The van der Waals surface area contributed by atoms with Crippen LogP contribution in [0, 0.1) is 5.82 Å². The lowest BCUT2D eigenvalue weighted by atomic mass is 10.1. The van der Waals surface area contributed by atoms with Crippen LogP contribution in [0.2, 0.25) is 0 Å². The molecule has 1 heterocycles. The molecule has 0 bridgehead atoms. The molecule has 0 aliphatic heterocycles. The minimum Gasteiger partial charge on any atom is -0.354 e. The minimum absolute atomic E-state index is 0.216. The quantitative estimate of drug-likeness (QED) is 0.492. The Hall–Kier alpha value is -3.48. The van der Waals surface area contributed by atoms with Crippen LogP contribution in [0.15, 0.2) is 60.8 Å². The maximum absolute atomic E-state index is 13.0. The molecule has 3 N–H and O–H groups in total. The van der Waals surface area contributed by atoms with Gasteiger partial charge in [0, 0.05) is 24.7 Å².